The summed E-state index contributed by atoms with van der Waals surface area (Å²) in [6, 6.07) is 2.10. The van der Waals surface area contributed by atoms with Crippen LogP contribution in [0.25, 0.3) is 0 Å². The van der Waals surface area contributed by atoms with E-state index in [0.29, 0.717) is 5.75 Å². The first-order valence-corrected chi connectivity index (χ1v) is 7.22. The molecule has 0 heterocycles. The number of nitrogens with one attached hydrogen (secondary N) is 1. The third-order valence-corrected chi connectivity index (χ3v) is 3.34. The minimum absolute atomic E-state index is 0.0805. The second kappa shape index (κ2) is 6.60. The summed E-state index contributed by atoms with van der Waals surface area (Å²) >= 11 is 0. The molecule has 1 rings (SSSR count). The van der Waals surface area contributed by atoms with Crippen molar-refractivity contribution in [2.24, 2.45) is 0 Å². The van der Waals surface area contributed by atoms with Crippen LogP contribution in [0.3, 0.4) is 0 Å². The Bertz CT molecular complexity index is 508. The van der Waals surface area contributed by atoms with E-state index in [2.05, 4.69) is 10.1 Å². The number of ether oxygens (including phenoxy) is 1. The van der Waals surface area contributed by atoms with Gasteiger partial charge in [-0.25, -0.2) is 13.6 Å². The fourth-order valence-corrected chi connectivity index (χ4v) is 2.38. The Morgan fingerprint density at radius 3 is 2.58 bits per heavy atom. The van der Waals surface area contributed by atoms with Gasteiger partial charge in [0.15, 0.2) is 11.6 Å². The van der Waals surface area contributed by atoms with Crippen molar-refractivity contribution < 1.29 is 22.5 Å². The molecule has 1 aromatic rings. The number of anilines is 1. The van der Waals surface area contributed by atoms with Crippen LogP contribution >= 0.6 is 0 Å². The minimum atomic E-state index is -1.26. The van der Waals surface area contributed by atoms with Gasteiger partial charge in [0.05, 0.1) is 18.4 Å². The van der Waals surface area contributed by atoms with Crippen LogP contribution in [0.4, 0.5) is 14.5 Å². The Balaban J connectivity index is 2.96. The number of methoxy groups -OCH3 is 1. The van der Waals surface area contributed by atoms with E-state index < -0.39 is 34.0 Å². The third-order valence-electron chi connectivity index (χ3n) is 2.37. The van der Waals surface area contributed by atoms with Gasteiger partial charge >= 0.3 is 5.97 Å². The van der Waals surface area contributed by atoms with E-state index in [-0.39, 0.29) is 11.7 Å². The van der Waals surface area contributed by atoms with Crippen LogP contribution in [0.1, 0.15) is 17.3 Å². The van der Waals surface area contributed by atoms with E-state index in [0.717, 1.165) is 13.2 Å². The zero-order chi connectivity index (χ0) is 14.6. The smallest absolute Gasteiger partial charge is 0.340 e. The van der Waals surface area contributed by atoms with Crippen molar-refractivity contribution in [3.05, 3.63) is 29.3 Å². The lowest BCUT2D eigenvalue weighted by Gasteiger charge is -2.15. The Morgan fingerprint density at radius 2 is 2.05 bits per heavy atom. The van der Waals surface area contributed by atoms with Gasteiger partial charge in [-0.3, -0.25) is 4.21 Å². The Morgan fingerprint density at radius 1 is 1.42 bits per heavy atom. The number of esters is 1. The molecule has 7 heteroatoms. The van der Waals surface area contributed by atoms with E-state index in [1.165, 1.54) is 12.3 Å². The van der Waals surface area contributed by atoms with Gasteiger partial charge in [-0.05, 0) is 19.1 Å². The molecule has 1 aromatic carbocycles. The molecule has 0 aliphatic heterocycles. The van der Waals surface area contributed by atoms with Crippen molar-refractivity contribution in [2.45, 2.75) is 13.0 Å². The van der Waals surface area contributed by atoms with E-state index >= 15 is 0 Å². The monoisotopic (exact) mass is 291 g/mol. The molecule has 0 saturated heterocycles. The summed E-state index contributed by atoms with van der Waals surface area (Å²) in [5.41, 5.74) is -0.541. The fraction of sp³-hybridized carbons (Fsp3) is 0.417. The van der Waals surface area contributed by atoms with E-state index in [9.17, 15) is 17.8 Å². The largest absolute Gasteiger partial charge is 0.465 e. The van der Waals surface area contributed by atoms with Gasteiger partial charge < -0.3 is 10.1 Å². The Hall–Kier alpha value is -1.50. The number of halogens is 2. The SMILES string of the molecule is COC(=O)c1ccc(NC(C)CS(C)=O)c(F)c1F. The molecular formula is C12H15F2NO3S. The normalized spacial score (nSPS) is 13.7. The van der Waals surface area contributed by atoms with Crippen molar-refractivity contribution >= 4 is 22.5 Å². The lowest BCUT2D eigenvalue weighted by molar-refractivity contribution is 0.0594. The molecule has 19 heavy (non-hydrogen) atoms. The zero-order valence-corrected chi connectivity index (χ0v) is 11.6. The van der Waals surface area contributed by atoms with E-state index in [4.69, 9.17) is 0 Å². The molecule has 1 N–H and O–H groups in total. The maximum atomic E-state index is 13.7. The first kappa shape index (κ1) is 15.6. The first-order chi connectivity index (χ1) is 8.86. The van der Waals surface area contributed by atoms with Crippen molar-refractivity contribution in [2.75, 3.05) is 24.4 Å². The van der Waals surface area contributed by atoms with Gasteiger partial charge in [-0.1, -0.05) is 0 Å². The Kier molecular flexibility index (Phi) is 5.41. The molecule has 0 amide bonds. The second-order valence-electron chi connectivity index (χ2n) is 4.07. The molecule has 0 saturated carbocycles. The van der Waals surface area contributed by atoms with Crippen LogP contribution in [0.5, 0.6) is 0 Å². The highest BCUT2D eigenvalue weighted by Crippen LogP contribution is 2.22. The summed E-state index contributed by atoms with van der Waals surface area (Å²) in [5.74, 6) is -3.05. The van der Waals surface area contributed by atoms with Gasteiger partial charge in [-0.15, -0.1) is 0 Å². The molecule has 2 unspecified atom stereocenters. The van der Waals surface area contributed by atoms with E-state index in [1.54, 1.807) is 6.92 Å². The molecule has 0 radical (unpaired) electrons. The standard InChI is InChI=1S/C12H15F2NO3S/c1-7(6-19(3)17)15-9-5-4-8(12(16)18-2)10(13)11(9)14/h4-5,7,15H,6H2,1-3H3. The average molecular weight is 291 g/mol. The average Bonchev–Trinajstić information content (AvgIpc) is 2.33. The molecule has 106 valence electrons. The Labute approximate surface area is 112 Å². The molecule has 2 atom stereocenters. The maximum absolute atomic E-state index is 13.7. The summed E-state index contributed by atoms with van der Waals surface area (Å²) in [6.07, 6.45) is 1.52. The minimum Gasteiger partial charge on any atom is -0.465 e. The molecule has 0 bridgehead atoms. The van der Waals surface area contributed by atoms with Crippen LogP contribution < -0.4 is 5.32 Å². The van der Waals surface area contributed by atoms with Gasteiger partial charge in [0.25, 0.3) is 0 Å². The van der Waals surface area contributed by atoms with Gasteiger partial charge in [0.2, 0.25) is 0 Å². The molecule has 0 fully saturated rings. The van der Waals surface area contributed by atoms with Crippen LogP contribution in [-0.4, -0.2) is 35.3 Å². The lowest BCUT2D eigenvalue weighted by Crippen LogP contribution is -2.23. The van der Waals surface area contributed by atoms with Gasteiger partial charge in [-0.2, -0.15) is 0 Å². The van der Waals surface area contributed by atoms with Crippen molar-refractivity contribution in [1.82, 2.24) is 0 Å². The maximum Gasteiger partial charge on any atom is 0.340 e. The van der Waals surface area contributed by atoms with Crippen molar-refractivity contribution in [3.63, 3.8) is 0 Å². The molecule has 0 spiro atoms. The highest BCUT2D eigenvalue weighted by molar-refractivity contribution is 7.84. The lowest BCUT2D eigenvalue weighted by atomic mass is 10.1. The van der Waals surface area contributed by atoms with Crippen LogP contribution in [0.2, 0.25) is 0 Å². The molecule has 0 aliphatic rings. The summed E-state index contributed by atoms with van der Waals surface area (Å²) in [5, 5.41) is 2.71. The highest BCUT2D eigenvalue weighted by Gasteiger charge is 2.19. The predicted octanol–water partition coefficient (Wildman–Crippen LogP) is 1.93. The molecular weight excluding hydrogens is 276 g/mol. The molecule has 0 aliphatic carbocycles. The van der Waals surface area contributed by atoms with Gasteiger partial charge in [0, 0.05) is 28.9 Å². The highest BCUT2D eigenvalue weighted by atomic mass is 32.2. The topological polar surface area (TPSA) is 55.4 Å². The van der Waals surface area contributed by atoms with Crippen LogP contribution in [0, 0.1) is 11.6 Å². The molecule has 4 nitrogen and oxygen atoms in total. The van der Waals surface area contributed by atoms with Gasteiger partial charge in [0.1, 0.15) is 0 Å². The van der Waals surface area contributed by atoms with Crippen LogP contribution in [0.15, 0.2) is 12.1 Å². The number of carbonyl (C=O) groups excluding carboxylic acids is 1. The number of benzene rings is 1. The van der Waals surface area contributed by atoms with E-state index in [1.807, 2.05) is 0 Å². The summed E-state index contributed by atoms with van der Waals surface area (Å²) in [4.78, 5) is 11.2. The summed E-state index contributed by atoms with van der Waals surface area (Å²) in [6.45, 7) is 1.70. The third kappa shape index (κ3) is 3.99. The number of hydrogen-bond acceptors (Lipinski definition) is 4. The number of rotatable bonds is 5. The first-order valence-electron chi connectivity index (χ1n) is 5.49. The predicted molar refractivity (Wildman–Crippen MR) is 69.7 cm³/mol. The summed E-state index contributed by atoms with van der Waals surface area (Å²) < 4.78 is 42.7. The molecule has 0 aromatic heterocycles. The number of hydrogen-bond donors (Lipinski definition) is 1. The van der Waals surface area contributed by atoms with Crippen LogP contribution in [-0.2, 0) is 15.5 Å². The van der Waals surface area contributed by atoms with Crippen molar-refractivity contribution in [1.29, 1.82) is 0 Å². The summed E-state index contributed by atoms with van der Waals surface area (Å²) in [7, 11) is 0.0405. The second-order valence-corrected chi connectivity index (χ2v) is 5.55. The van der Waals surface area contributed by atoms with Crippen molar-refractivity contribution in [3.8, 4) is 0 Å². The quantitative estimate of drug-likeness (QED) is 0.842. The number of carbonyl (C=O) groups is 1. The zero-order valence-electron chi connectivity index (χ0n) is 10.8. The fourth-order valence-electron chi connectivity index (χ4n) is 1.59.